The van der Waals surface area contributed by atoms with Crippen LogP contribution in [0.5, 0.6) is 0 Å². The van der Waals surface area contributed by atoms with Crippen molar-refractivity contribution in [3.8, 4) is 0 Å². The molecule has 18 heavy (non-hydrogen) atoms. The molecule has 0 spiro atoms. The number of ketones is 1. The molecule has 0 bridgehead atoms. The lowest BCUT2D eigenvalue weighted by Crippen LogP contribution is -2.41. The standard InChI is InChI=1S/C14H17NO3/c1-11(16)10-12-4-2-3-5-13(12)14(17)15-6-8-18-9-7-15/h2-5H,6-10H2,1H3. The first kappa shape index (κ1) is 12.8. The van der Waals surface area contributed by atoms with E-state index >= 15 is 0 Å². The molecular formula is C14H17NO3. The maximum Gasteiger partial charge on any atom is 0.254 e. The third-order valence-corrected chi connectivity index (χ3v) is 2.99. The zero-order chi connectivity index (χ0) is 13.0. The van der Waals surface area contributed by atoms with Crippen LogP contribution in [-0.4, -0.2) is 42.9 Å². The second kappa shape index (κ2) is 5.78. The van der Waals surface area contributed by atoms with E-state index in [-0.39, 0.29) is 11.7 Å². The summed E-state index contributed by atoms with van der Waals surface area (Å²) >= 11 is 0. The van der Waals surface area contributed by atoms with Crippen LogP contribution in [0.4, 0.5) is 0 Å². The van der Waals surface area contributed by atoms with Gasteiger partial charge < -0.3 is 9.64 Å². The van der Waals surface area contributed by atoms with E-state index in [9.17, 15) is 9.59 Å². The lowest BCUT2D eigenvalue weighted by molar-refractivity contribution is -0.116. The van der Waals surface area contributed by atoms with Gasteiger partial charge in [0.25, 0.3) is 5.91 Å². The minimum Gasteiger partial charge on any atom is -0.378 e. The number of carbonyl (C=O) groups is 2. The van der Waals surface area contributed by atoms with Crippen LogP contribution < -0.4 is 0 Å². The van der Waals surface area contributed by atoms with E-state index in [1.807, 2.05) is 18.2 Å². The maximum absolute atomic E-state index is 12.4. The van der Waals surface area contributed by atoms with E-state index in [0.717, 1.165) is 5.56 Å². The van der Waals surface area contributed by atoms with Gasteiger partial charge in [0, 0.05) is 25.1 Å². The van der Waals surface area contributed by atoms with Gasteiger partial charge in [-0.25, -0.2) is 0 Å². The molecule has 1 aliphatic heterocycles. The summed E-state index contributed by atoms with van der Waals surface area (Å²) in [5.74, 6) is 0.0624. The summed E-state index contributed by atoms with van der Waals surface area (Å²) < 4.78 is 5.23. The third-order valence-electron chi connectivity index (χ3n) is 2.99. The fraction of sp³-hybridized carbons (Fsp3) is 0.429. The van der Waals surface area contributed by atoms with E-state index in [4.69, 9.17) is 4.74 Å². The molecule has 0 unspecified atom stereocenters. The van der Waals surface area contributed by atoms with Gasteiger partial charge in [0.05, 0.1) is 13.2 Å². The molecule has 0 aromatic heterocycles. The Hall–Kier alpha value is -1.68. The third kappa shape index (κ3) is 2.96. The monoisotopic (exact) mass is 247 g/mol. The lowest BCUT2D eigenvalue weighted by Gasteiger charge is -2.27. The molecule has 1 aromatic rings. The molecule has 1 saturated heterocycles. The van der Waals surface area contributed by atoms with Crippen molar-refractivity contribution in [1.29, 1.82) is 0 Å². The van der Waals surface area contributed by atoms with Crippen LogP contribution in [0.1, 0.15) is 22.8 Å². The maximum atomic E-state index is 12.4. The largest absolute Gasteiger partial charge is 0.378 e. The fourth-order valence-electron chi connectivity index (χ4n) is 2.09. The van der Waals surface area contributed by atoms with Crippen molar-refractivity contribution >= 4 is 11.7 Å². The second-order valence-corrected chi connectivity index (χ2v) is 4.44. The first-order chi connectivity index (χ1) is 8.68. The summed E-state index contributed by atoms with van der Waals surface area (Å²) in [7, 11) is 0. The number of amides is 1. The van der Waals surface area contributed by atoms with Crippen LogP contribution in [0.2, 0.25) is 0 Å². The van der Waals surface area contributed by atoms with Gasteiger partial charge in [-0.05, 0) is 18.6 Å². The SMILES string of the molecule is CC(=O)Cc1ccccc1C(=O)N1CCOCC1. The molecule has 0 aliphatic carbocycles. The van der Waals surface area contributed by atoms with Crippen LogP contribution in [-0.2, 0) is 16.0 Å². The summed E-state index contributed by atoms with van der Waals surface area (Å²) in [4.78, 5) is 25.4. The normalized spacial score (nSPS) is 15.5. The Morgan fingerprint density at radius 1 is 1.22 bits per heavy atom. The topological polar surface area (TPSA) is 46.6 Å². The molecule has 0 N–H and O–H groups in total. The molecule has 0 saturated carbocycles. The van der Waals surface area contributed by atoms with Crippen molar-refractivity contribution in [2.24, 2.45) is 0 Å². The Balaban J connectivity index is 2.20. The summed E-state index contributed by atoms with van der Waals surface area (Å²) in [5, 5.41) is 0. The molecule has 1 amide bonds. The average Bonchev–Trinajstić information content (AvgIpc) is 2.39. The zero-order valence-electron chi connectivity index (χ0n) is 10.5. The minimum absolute atomic E-state index is 0.00449. The van der Waals surface area contributed by atoms with Gasteiger partial charge in [0.1, 0.15) is 5.78 Å². The molecule has 1 aliphatic rings. The summed E-state index contributed by atoms with van der Waals surface area (Å²) in [6, 6.07) is 7.32. The van der Waals surface area contributed by atoms with Crippen molar-refractivity contribution in [2.75, 3.05) is 26.3 Å². The van der Waals surface area contributed by atoms with Gasteiger partial charge in [0.2, 0.25) is 0 Å². The van der Waals surface area contributed by atoms with Crippen LogP contribution >= 0.6 is 0 Å². The Kier molecular flexibility index (Phi) is 4.10. The zero-order valence-corrected chi connectivity index (χ0v) is 10.5. The fourth-order valence-corrected chi connectivity index (χ4v) is 2.09. The average molecular weight is 247 g/mol. The number of benzene rings is 1. The number of Topliss-reactive ketones (excluding diaryl/α,β-unsaturated/α-hetero) is 1. The molecular weight excluding hydrogens is 230 g/mol. The predicted octanol–water partition coefficient (Wildman–Crippen LogP) is 1.29. The van der Waals surface area contributed by atoms with Gasteiger partial charge in [0.15, 0.2) is 0 Å². The molecule has 0 radical (unpaired) electrons. The highest BCUT2D eigenvalue weighted by molar-refractivity contribution is 5.97. The van der Waals surface area contributed by atoms with Crippen molar-refractivity contribution in [3.05, 3.63) is 35.4 Å². The second-order valence-electron chi connectivity index (χ2n) is 4.44. The smallest absolute Gasteiger partial charge is 0.254 e. The van der Waals surface area contributed by atoms with E-state index < -0.39 is 0 Å². The van der Waals surface area contributed by atoms with E-state index in [2.05, 4.69) is 0 Å². The molecule has 4 heteroatoms. The van der Waals surface area contributed by atoms with E-state index in [0.29, 0.717) is 38.3 Å². The molecule has 1 fully saturated rings. The predicted molar refractivity (Wildman–Crippen MR) is 67.5 cm³/mol. The first-order valence-corrected chi connectivity index (χ1v) is 6.13. The highest BCUT2D eigenvalue weighted by atomic mass is 16.5. The lowest BCUT2D eigenvalue weighted by atomic mass is 10.0. The molecule has 1 aromatic carbocycles. The number of hydrogen-bond acceptors (Lipinski definition) is 3. The molecule has 1 heterocycles. The quantitative estimate of drug-likeness (QED) is 0.808. The summed E-state index contributed by atoms with van der Waals surface area (Å²) in [6.45, 7) is 3.94. The number of rotatable bonds is 3. The van der Waals surface area contributed by atoms with Gasteiger partial charge in [-0.15, -0.1) is 0 Å². The Bertz CT molecular complexity index is 450. The number of hydrogen-bond donors (Lipinski definition) is 0. The number of morpholine rings is 1. The molecule has 96 valence electrons. The highest BCUT2D eigenvalue weighted by Crippen LogP contribution is 2.14. The van der Waals surface area contributed by atoms with Crippen molar-refractivity contribution < 1.29 is 14.3 Å². The number of nitrogens with zero attached hydrogens (tertiary/aromatic N) is 1. The van der Waals surface area contributed by atoms with Crippen LogP contribution in [0.3, 0.4) is 0 Å². The van der Waals surface area contributed by atoms with Gasteiger partial charge in [-0.2, -0.15) is 0 Å². The first-order valence-electron chi connectivity index (χ1n) is 6.13. The van der Waals surface area contributed by atoms with Gasteiger partial charge in [-0.1, -0.05) is 18.2 Å². The highest BCUT2D eigenvalue weighted by Gasteiger charge is 2.20. The van der Waals surface area contributed by atoms with E-state index in [1.165, 1.54) is 6.92 Å². The molecule has 2 rings (SSSR count). The van der Waals surface area contributed by atoms with Crippen molar-refractivity contribution in [1.82, 2.24) is 4.90 Å². The number of ether oxygens (including phenoxy) is 1. The Morgan fingerprint density at radius 2 is 1.89 bits per heavy atom. The Morgan fingerprint density at radius 3 is 2.56 bits per heavy atom. The minimum atomic E-state index is -0.00449. The summed E-state index contributed by atoms with van der Waals surface area (Å²) in [5.41, 5.74) is 1.44. The Labute approximate surface area is 107 Å². The van der Waals surface area contributed by atoms with Gasteiger partial charge >= 0.3 is 0 Å². The van der Waals surface area contributed by atoms with Crippen LogP contribution in [0.15, 0.2) is 24.3 Å². The summed E-state index contributed by atoms with van der Waals surface area (Å²) in [6.07, 6.45) is 0.312. The van der Waals surface area contributed by atoms with Gasteiger partial charge in [-0.3, -0.25) is 9.59 Å². The number of carbonyl (C=O) groups excluding carboxylic acids is 2. The molecule has 0 atom stereocenters. The van der Waals surface area contributed by atoms with E-state index in [1.54, 1.807) is 11.0 Å². The van der Waals surface area contributed by atoms with Crippen LogP contribution in [0, 0.1) is 0 Å². The van der Waals surface area contributed by atoms with Crippen molar-refractivity contribution in [3.63, 3.8) is 0 Å². The van der Waals surface area contributed by atoms with Crippen LogP contribution in [0.25, 0.3) is 0 Å². The molecule has 4 nitrogen and oxygen atoms in total. The van der Waals surface area contributed by atoms with Crippen molar-refractivity contribution in [2.45, 2.75) is 13.3 Å².